The molecule has 100 valence electrons. The van der Waals surface area contributed by atoms with Crippen molar-refractivity contribution in [1.82, 2.24) is 4.57 Å². The fourth-order valence-electron chi connectivity index (χ4n) is 2.97. The van der Waals surface area contributed by atoms with E-state index in [1.165, 1.54) is 12.1 Å². The molecule has 1 aromatic heterocycles. The minimum Gasteiger partial charge on any atom is -0.477 e. The third kappa shape index (κ3) is 2.06. The lowest BCUT2D eigenvalue weighted by atomic mass is 10.2. The Morgan fingerprint density at radius 2 is 2.00 bits per heavy atom. The van der Waals surface area contributed by atoms with Crippen molar-refractivity contribution in [1.29, 1.82) is 0 Å². The van der Waals surface area contributed by atoms with E-state index in [-0.39, 0.29) is 17.6 Å². The monoisotopic (exact) mass is 325 g/mol. The summed E-state index contributed by atoms with van der Waals surface area (Å²) in [5, 5.41) is 9.71. The topological polar surface area (TPSA) is 42.2 Å². The van der Waals surface area contributed by atoms with Crippen molar-refractivity contribution >= 4 is 32.8 Å². The average Bonchev–Trinajstić information content (AvgIpc) is 2.93. The fourth-order valence-corrected chi connectivity index (χ4v) is 3.39. The first-order valence-electron chi connectivity index (χ1n) is 6.31. The maximum Gasteiger partial charge on any atom is 0.352 e. The van der Waals surface area contributed by atoms with Crippen LogP contribution in [0.2, 0.25) is 0 Å². The number of aromatic nitrogens is 1. The maximum absolute atomic E-state index is 14.0. The molecule has 5 heteroatoms. The van der Waals surface area contributed by atoms with E-state index >= 15 is 0 Å². The van der Waals surface area contributed by atoms with Gasteiger partial charge in [0.05, 0.1) is 5.52 Å². The van der Waals surface area contributed by atoms with Gasteiger partial charge in [0.1, 0.15) is 11.5 Å². The number of carboxylic acid groups (broad SMARTS) is 1. The molecule has 0 saturated heterocycles. The number of hydrogen-bond donors (Lipinski definition) is 1. The van der Waals surface area contributed by atoms with Crippen molar-refractivity contribution in [2.75, 3.05) is 0 Å². The highest BCUT2D eigenvalue weighted by Crippen LogP contribution is 2.36. The third-order valence-corrected chi connectivity index (χ3v) is 4.24. The predicted molar refractivity (Wildman–Crippen MR) is 74.1 cm³/mol. The van der Waals surface area contributed by atoms with E-state index in [1.807, 2.05) is 0 Å². The van der Waals surface area contributed by atoms with Gasteiger partial charge in [-0.25, -0.2) is 9.18 Å². The van der Waals surface area contributed by atoms with Crippen molar-refractivity contribution in [2.24, 2.45) is 0 Å². The van der Waals surface area contributed by atoms with Crippen molar-refractivity contribution in [3.8, 4) is 0 Å². The number of carboxylic acids is 1. The zero-order chi connectivity index (χ0) is 13.6. The van der Waals surface area contributed by atoms with Gasteiger partial charge in [-0.2, -0.15) is 0 Å². The van der Waals surface area contributed by atoms with E-state index in [9.17, 15) is 14.3 Å². The quantitative estimate of drug-likeness (QED) is 0.891. The maximum atomic E-state index is 14.0. The lowest BCUT2D eigenvalue weighted by Gasteiger charge is -2.16. The van der Waals surface area contributed by atoms with E-state index < -0.39 is 5.97 Å². The van der Waals surface area contributed by atoms with Crippen LogP contribution in [-0.2, 0) is 0 Å². The number of rotatable bonds is 2. The van der Waals surface area contributed by atoms with Gasteiger partial charge >= 0.3 is 5.97 Å². The highest BCUT2D eigenvalue weighted by atomic mass is 79.9. The molecule has 0 atom stereocenters. The van der Waals surface area contributed by atoms with E-state index in [0.29, 0.717) is 15.4 Å². The van der Waals surface area contributed by atoms with E-state index in [2.05, 4.69) is 15.9 Å². The summed E-state index contributed by atoms with van der Waals surface area (Å²) in [4.78, 5) is 11.4. The Morgan fingerprint density at radius 1 is 1.32 bits per heavy atom. The molecular weight excluding hydrogens is 313 g/mol. The summed E-state index contributed by atoms with van der Waals surface area (Å²) in [7, 11) is 0. The average molecular weight is 326 g/mol. The molecule has 1 saturated carbocycles. The van der Waals surface area contributed by atoms with Gasteiger partial charge in [-0.15, -0.1) is 0 Å². The summed E-state index contributed by atoms with van der Waals surface area (Å²) >= 11 is 3.27. The van der Waals surface area contributed by atoms with E-state index in [0.717, 1.165) is 25.7 Å². The number of aromatic carboxylic acids is 1. The second kappa shape index (κ2) is 4.63. The number of carbonyl (C=O) groups is 1. The van der Waals surface area contributed by atoms with E-state index in [4.69, 9.17) is 0 Å². The Labute approximate surface area is 118 Å². The molecule has 3 nitrogen and oxygen atoms in total. The number of benzene rings is 1. The first-order valence-corrected chi connectivity index (χ1v) is 7.10. The van der Waals surface area contributed by atoms with Gasteiger partial charge in [0.25, 0.3) is 0 Å². The molecule has 0 unspecified atom stereocenters. The van der Waals surface area contributed by atoms with Crippen LogP contribution in [0.5, 0.6) is 0 Å². The Morgan fingerprint density at radius 3 is 2.63 bits per heavy atom. The molecule has 1 aromatic carbocycles. The van der Waals surface area contributed by atoms with Crippen LogP contribution in [0, 0.1) is 5.82 Å². The van der Waals surface area contributed by atoms with Crippen molar-refractivity contribution in [3.63, 3.8) is 0 Å². The molecular formula is C14H13BrFNO2. The van der Waals surface area contributed by atoms with Crippen molar-refractivity contribution in [3.05, 3.63) is 34.2 Å². The molecule has 2 aromatic rings. The molecule has 1 heterocycles. The molecule has 0 radical (unpaired) electrons. The lowest BCUT2D eigenvalue weighted by molar-refractivity contribution is 0.0683. The summed E-state index contributed by atoms with van der Waals surface area (Å²) in [6, 6.07) is 4.77. The highest BCUT2D eigenvalue weighted by molar-refractivity contribution is 9.10. The Bertz CT molecular complexity index is 659. The predicted octanol–water partition coefficient (Wildman–Crippen LogP) is 4.36. The third-order valence-electron chi connectivity index (χ3n) is 3.78. The van der Waals surface area contributed by atoms with Crippen LogP contribution >= 0.6 is 15.9 Å². The summed E-state index contributed by atoms with van der Waals surface area (Å²) in [5.74, 6) is -1.39. The fraction of sp³-hybridized carbons (Fsp3) is 0.357. The van der Waals surface area contributed by atoms with Crippen molar-refractivity contribution in [2.45, 2.75) is 31.7 Å². The van der Waals surface area contributed by atoms with Gasteiger partial charge in [-0.1, -0.05) is 28.8 Å². The summed E-state index contributed by atoms with van der Waals surface area (Å²) < 4.78 is 16.4. The number of hydrogen-bond acceptors (Lipinski definition) is 1. The zero-order valence-corrected chi connectivity index (χ0v) is 11.8. The summed E-state index contributed by atoms with van der Waals surface area (Å²) in [6.45, 7) is 0. The Hall–Kier alpha value is -1.36. The van der Waals surface area contributed by atoms with Gasteiger partial charge in [-0.3, -0.25) is 0 Å². The largest absolute Gasteiger partial charge is 0.477 e. The van der Waals surface area contributed by atoms with Crippen LogP contribution in [0.4, 0.5) is 4.39 Å². The van der Waals surface area contributed by atoms with E-state index in [1.54, 1.807) is 10.6 Å². The van der Waals surface area contributed by atoms with Crippen LogP contribution < -0.4 is 0 Å². The number of fused-ring (bicyclic) bond motifs is 1. The zero-order valence-electron chi connectivity index (χ0n) is 10.2. The minimum atomic E-state index is -1.00. The second-order valence-electron chi connectivity index (χ2n) is 4.96. The molecule has 0 bridgehead atoms. The molecule has 0 amide bonds. The summed E-state index contributed by atoms with van der Waals surface area (Å²) in [6.07, 6.45) is 4.11. The Balaban J connectivity index is 2.31. The molecule has 1 N–H and O–H groups in total. The smallest absolute Gasteiger partial charge is 0.352 e. The molecule has 1 aliphatic rings. The first kappa shape index (κ1) is 12.7. The van der Waals surface area contributed by atoms with Crippen LogP contribution in [0.25, 0.3) is 10.9 Å². The van der Waals surface area contributed by atoms with Crippen LogP contribution in [0.15, 0.2) is 22.7 Å². The van der Waals surface area contributed by atoms with Crippen LogP contribution in [-0.4, -0.2) is 15.6 Å². The first-order chi connectivity index (χ1) is 9.08. The van der Waals surface area contributed by atoms with Gasteiger partial charge in [-0.05, 0) is 31.0 Å². The van der Waals surface area contributed by atoms with Crippen molar-refractivity contribution < 1.29 is 14.3 Å². The van der Waals surface area contributed by atoms with Gasteiger partial charge in [0.15, 0.2) is 0 Å². The lowest BCUT2D eigenvalue weighted by Crippen LogP contribution is -2.12. The number of halogens is 2. The molecule has 19 heavy (non-hydrogen) atoms. The molecule has 0 aliphatic heterocycles. The molecule has 1 fully saturated rings. The van der Waals surface area contributed by atoms with Gasteiger partial charge in [0.2, 0.25) is 0 Å². The minimum absolute atomic E-state index is 0.164. The normalized spacial score (nSPS) is 16.3. The van der Waals surface area contributed by atoms with Crippen LogP contribution in [0.3, 0.4) is 0 Å². The SMILES string of the molecule is O=C(O)c1cc2c(F)cc(Br)cc2n1C1CCCC1. The standard InChI is InChI=1S/C14H13BrFNO2/c15-8-5-11(16)10-7-13(14(18)19)17(12(10)6-8)9-3-1-2-4-9/h5-7,9H,1-4H2,(H,18,19). The highest BCUT2D eigenvalue weighted by Gasteiger charge is 2.25. The number of nitrogens with zero attached hydrogens (tertiary/aromatic N) is 1. The second-order valence-corrected chi connectivity index (χ2v) is 5.88. The van der Waals surface area contributed by atoms with Crippen LogP contribution in [0.1, 0.15) is 42.2 Å². The van der Waals surface area contributed by atoms with Gasteiger partial charge < -0.3 is 9.67 Å². The van der Waals surface area contributed by atoms with Gasteiger partial charge in [0, 0.05) is 15.9 Å². The molecule has 0 spiro atoms. The molecule has 3 rings (SSSR count). The molecule has 1 aliphatic carbocycles. The summed E-state index contributed by atoms with van der Waals surface area (Å²) in [5.41, 5.74) is 0.843. The Kier molecular flexibility index (Phi) is 3.09.